The first-order chi connectivity index (χ1) is 4.84. The van der Waals surface area contributed by atoms with Gasteiger partial charge in [0.1, 0.15) is 0 Å². The highest BCUT2D eigenvalue weighted by Gasteiger charge is 1.97. The van der Waals surface area contributed by atoms with E-state index in [0.29, 0.717) is 0 Å². The normalized spacial score (nSPS) is 20.2. The highest BCUT2D eigenvalue weighted by atomic mass is 14.0. The van der Waals surface area contributed by atoms with Crippen molar-refractivity contribution in [1.29, 1.82) is 0 Å². The van der Waals surface area contributed by atoms with Crippen molar-refractivity contribution in [2.24, 2.45) is 0 Å². The van der Waals surface area contributed by atoms with Crippen molar-refractivity contribution in [1.82, 2.24) is 0 Å². The smallest absolute Gasteiger partial charge is 0.0267 e. The van der Waals surface area contributed by atoms with E-state index >= 15 is 0 Å². The molecule has 54 valence electrons. The van der Waals surface area contributed by atoms with Crippen molar-refractivity contribution < 1.29 is 0 Å². The molecule has 0 N–H and O–H groups in total. The summed E-state index contributed by atoms with van der Waals surface area (Å²) < 4.78 is 0. The Hall–Kier alpha value is -0.780. The maximum absolute atomic E-state index is 2.30. The summed E-state index contributed by atoms with van der Waals surface area (Å²) >= 11 is 0. The molecular formula is C10H14. The minimum Gasteiger partial charge on any atom is -0.0770 e. The average Bonchev–Trinajstić information content (AvgIpc) is 2.31. The number of allylic oxidation sites excluding steroid dienone is 6. The summed E-state index contributed by atoms with van der Waals surface area (Å²) in [7, 11) is 0. The SMILES string of the molecule is CCCC=C1C=CC=C1C. The molecule has 0 aromatic carbocycles. The Morgan fingerprint density at radius 2 is 2.30 bits per heavy atom. The summed E-state index contributed by atoms with van der Waals surface area (Å²) in [6, 6.07) is 0. The molecule has 0 nitrogen and oxygen atoms in total. The predicted molar refractivity (Wildman–Crippen MR) is 45.9 cm³/mol. The average molecular weight is 134 g/mol. The fraction of sp³-hybridized carbons (Fsp3) is 0.400. The van der Waals surface area contributed by atoms with Gasteiger partial charge in [-0.2, -0.15) is 0 Å². The predicted octanol–water partition coefficient (Wildman–Crippen LogP) is 3.23. The maximum atomic E-state index is 2.30. The van der Waals surface area contributed by atoms with Crippen LogP contribution in [0.4, 0.5) is 0 Å². The van der Waals surface area contributed by atoms with Gasteiger partial charge >= 0.3 is 0 Å². The minimum atomic E-state index is 1.20. The van der Waals surface area contributed by atoms with Crippen LogP contribution in [-0.4, -0.2) is 0 Å². The third-order valence-electron chi connectivity index (χ3n) is 1.73. The van der Waals surface area contributed by atoms with Gasteiger partial charge in [0.15, 0.2) is 0 Å². The molecule has 0 amide bonds. The van der Waals surface area contributed by atoms with Crippen LogP contribution in [0.25, 0.3) is 0 Å². The largest absolute Gasteiger partial charge is 0.0770 e. The summed E-state index contributed by atoms with van der Waals surface area (Å²) in [5.41, 5.74) is 2.80. The van der Waals surface area contributed by atoms with Gasteiger partial charge in [-0.1, -0.05) is 37.6 Å². The molecule has 10 heavy (non-hydrogen) atoms. The van der Waals surface area contributed by atoms with E-state index in [-0.39, 0.29) is 0 Å². The van der Waals surface area contributed by atoms with Gasteiger partial charge in [-0.3, -0.25) is 0 Å². The Morgan fingerprint density at radius 1 is 1.50 bits per heavy atom. The lowest BCUT2D eigenvalue weighted by Gasteiger charge is -1.95. The molecule has 0 aliphatic heterocycles. The van der Waals surface area contributed by atoms with Crippen molar-refractivity contribution in [3.63, 3.8) is 0 Å². The fourth-order valence-electron chi connectivity index (χ4n) is 1.05. The van der Waals surface area contributed by atoms with E-state index in [4.69, 9.17) is 0 Å². The van der Waals surface area contributed by atoms with Gasteiger partial charge in [0.05, 0.1) is 0 Å². The van der Waals surface area contributed by atoms with Crippen LogP contribution < -0.4 is 0 Å². The zero-order chi connectivity index (χ0) is 7.40. The molecule has 0 radical (unpaired) electrons. The first-order valence-corrected chi connectivity index (χ1v) is 3.90. The van der Waals surface area contributed by atoms with Gasteiger partial charge in [0.2, 0.25) is 0 Å². The summed E-state index contributed by atoms with van der Waals surface area (Å²) in [5.74, 6) is 0. The minimum absolute atomic E-state index is 1.20. The lowest BCUT2D eigenvalue weighted by Crippen LogP contribution is -1.75. The van der Waals surface area contributed by atoms with E-state index in [2.05, 4.69) is 38.2 Å². The third-order valence-corrected chi connectivity index (χ3v) is 1.73. The molecule has 1 rings (SSSR count). The van der Waals surface area contributed by atoms with E-state index in [1.165, 1.54) is 24.0 Å². The van der Waals surface area contributed by atoms with Crippen LogP contribution in [0.1, 0.15) is 26.7 Å². The monoisotopic (exact) mass is 134 g/mol. The van der Waals surface area contributed by atoms with Crippen LogP contribution >= 0.6 is 0 Å². The summed E-state index contributed by atoms with van der Waals surface area (Å²) in [5, 5.41) is 0. The van der Waals surface area contributed by atoms with Gasteiger partial charge in [0.25, 0.3) is 0 Å². The number of unbranched alkanes of at least 4 members (excludes halogenated alkanes) is 1. The molecular weight excluding hydrogens is 120 g/mol. The topological polar surface area (TPSA) is 0 Å². The fourth-order valence-corrected chi connectivity index (χ4v) is 1.05. The Bertz CT molecular complexity index is 192. The number of rotatable bonds is 2. The molecule has 0 heteroatoms. The van der Waals surface area contributed by atoms with E-state index in [1.54, 1.807) is 0 Å². The molecule has 0 saturated carbocycles. The highest BCUT2D eigenvalue weighted by molar-refractivity contribution is 5.46. The Morgan fingerprint density at radius 3 is 2.80 bits per heavy atom. The van der Waals surface area contributed by atoms with Gasteiger partial charge in [-0.15, -0.1) is 0 Å². The van der Waals surface area contributed by atoms with Crippen molar-refractivity contribution in [3.8, 4) is 0 Å². The maximum Gasteiger partial charge on any atom is -0.0267 e. The molecule has 0 unspecified atom stereocenters. The third kappa shape index (κ3) is 1.60. The number of hydrogen-bond acceptors (Lipinski definition) is 0. The summed E-state index contributed by atoms with van der Waals surface area (Å²) in [6.07, 6.45) is 11.2. The van der Waals surface area contributed by atoms with Crippen LogP contribution in [0.3, 0.4) is 0 Å². The van der Waals surface area contributed by atoms with Gasteiger partial charge in [-0.05, 0) is 24.5 Å². The van der Waals surface area contributed by atoms with Gasteiger partial charge in [0, 0.05) is 0 Å². The summed E-state index contributed by atoms with van der Waals surface area (Å²) in [4.78, 5) is 0. The second kappa shape index (κ2) is 3.40. The summed E-state index contributed by atoms with van der Waals surface area (Å²) in [6.45, 7) is 4.36. The van der Waals surface area contributed by atoms with Crippen LogP contribution in [0.2, 0.25) is 0 Å². The zero-order valence-electron chi connectivity index (χ0n) is 6.72. The van der Waals surface area contributed by atoms with E-state index < -0.39 is 0 Å². The van der Waals surface area contributed by atoms with Crippen molar-refractivity contribution in [2.75, 3.05) is 0 Å². The highest BCUT2D eigenvalue weighted by Crippen LogP contribution is 2.17. The molecule has 1 aliphatic carbocycles. The molecule has 0 aromatic heterocycles. The lowest BCUT2D eigenvalue weighted by atomic mass is 10.1. The Labute approximate surface area is 62.9 Å². The molecule has 0 fully saturated rings. The van der Waals surface area contributed by atoms with Crippen molar-refractivity contribution in [2.45, 2.75) is 26.7 Å². The Balaban J connectivity index is 2.57. The number of hydrogen-bond donors (Lipinski definition) is 0. The first kappa shape index (κ1) is 7.33. The molecule has 0 saturated heterocycles. The zero-order valence-corrected chi connectivity index (χ0v) is 6.72. The van der Waals surface area contributed by atoms with Crippen molar-refractivity contribution in [3.05, 3.63) is 35.5 Å². The molecule has 1 aliphatic rings. The van der Waals surface area contributed by atoms with Gasteiger partial charge in [-0.25, -0.2) is 0 Å². The van der Waals surface area contributed by atoms with Crippen molar-refractivity contribution >= 4 is 0 Å². The second-order valence-electron chi connectivity index (χ2n) is 2.66. The second-order valence-corrected chi connectivity index (χ2v) is 2.66. The van der Waals surface area contributed by atoms with Crippen LogP contribution in [0, 0.1) is 0 Å². The quantitative estimate of drug-likeness (QED) is 0.544. The first-order valence-electron chi connectivity index (χ1n) is 3.90. The van der Waals surface area contributed by atoms with E-state index in [9.17, 15) is 0 Å². The van der Waals surface area contributed by atoms with E-state index in [0.717, 1.165) is 0 Å². The molecule has 0 heterocycles. The van der Waals surface area contributed by atoms with Gasteiger partial charge < -0.3 is 0 Å². The van der Waals surface area contributed by atoms with Crippen LogP contribution in [0.5, 0.6) is 0 Å². The van der Waals surface area contributed by atoms with Crippen LogP contribution in [0.15, 0.2) is 35.5 Å². The van der Waals surface area contributed by atoms with E-state index in [1.807, 2.05) is 0 Å². The Kier molecular flexibility index (Phi) is 2.49. The molecule has 0 bridgehead atoms. The molecule has 0 aromatic rings. The lowest BCUT2D eigenvalue weighted by molar-refractivity contribution is 0.953. The van der Waals surface area contributed by atoms with Crippen LogP contribution in [-0.2, 0) is 0 Å². The standard InChI is InChI=1S/C10H14/c1-3-4-7-10-8-5-6-9(10)2/h5-8H,3-4H2,1-2H3. The molecule has 0 spiro atoms. The molecule has 0 atom stereocenters.